The van der Waals surface area contributed by atoms with E-state index < -0.39 is 11.8 Å². The SMILES string of the molecule is CCN(CC)c1ccc(C(=O)NNC(=O)Cn2cnc3ccccc3c2=O)cc1. The minimum Gasteiger partial charge on any atom is -0.372 e. The standard InChI is InChI=1S/C21H23N5O3/c1-3-25(4-2)16-11-9-15(10-12-16)20(28)24-23-19(27)13-26-14-22-18-8-6-5-7-17(18)21(26)29/h5-12,14H,3-4,13H2,1-2H3,(H,23,27)(H,24,28). The van der Waals surface area contributed by atoms with Gasteiger partial charge >= 0.3 is 0 Å². The van der Waals surface area contributed by atoms with Crippen molar-refractivity contribution in [2.45, 2.75) is 20.4 Å². The molecule has 0 spiro atoms. The number of nitrogens with one attached hydrogen (secondary N) is 2. The van der Waals surface area contributed by atoms with Crippen molar-refractivity contribution in [1.82, 2.24) is 20.4 Å². The second-order valence-electron chi connectivity index (χ2n) is 6.42. The quantitative estimate of drug-likeness (QED) is 0.622. The van der Waals surface area contributed by atoms with E-state index >= 15 is 0 Å². The highest BCUT2D eigenvalue weighted by molar-refractivity contribution is 5.95. The van der Waals surface area contributed by atoms with Crippen LogP contribution in [0, 0.1) is 0 Å². The lowest BCUT2D eigenvalue weighted by Crippen LogP contribution is -2.44. The molecular formula is C21H23N5O3. The number of anilines is 1. The molecule has 0 saturated heterocycles. The summed E-state index contributed by atoms with van der Waals surface area (Å²) < 4.78 is 1.20. The van der Waals surface area contributed by atoms with Crippen LogP contribution in [-0.2, 0) is 11.3 Å². The highest BCUT2D eigenvalue weighted by Gasteiger charge is 2.11. The van der Waals surface area contributed by atoms with E-state index in [-0.39, 0.29) is 12.1 Å². The van der Waals surface area contributed by atoms with Crippen LogP contribution >= 0.6 is 0 Å². The number of carbonyl (C=O) groups excluding carboxylic acids is 2. The Morgan fingerprint density at radius 2 is 1.69 bits per heavy atom. The Labute approximate surface area is 168 Å². The van der Waals surface area contributed by atoms with Crippen LogP contribution in [0.5, 0.6) is 0 Å². The number of hydrogen-bond donors (Lipinski definition) is 2. The van der Waals surface area contributed by atoms with Gasteiger partial charge in [-0.1, -0.05) is 12.1 Å². The van der Waals surface area contributed by atoms with Gasteiger partial charge < -0.3 is 4.90 Å². The summed E-state index contributed by atoms with van der Waals surface area (Å²) in [5.41, 5.74) is 6.39. The molecule has 150 valence electrons. The van der Waals surface area contributed by atoms with Crippen LogP contribution in [0.15, 0.2) is 59.7 Å². The Hall–Kier alpha value is -3.68. The van der Waals surface area contributed by atoms with Gasteiger partial charge in [-0.25, -0.2) is 4.98 Å². The number of fused-ring (bicyclic) bond motifs is 1. The van der Waals surface area contributed by atoms with E-state index in [4.69, 9.17) is 0 Å². The monoisotopic (exact) mass is 393 g/mol. The Kier molecular flexibility index (Phi) is 6.23. The number of rotatable bonds is 6. The van der Waals surface area contributed by atoms with Crippen molar-refractivity contribution < 1.29 is 9.59 Å². The molecule has 2 amide bonds. The zero-order valence-electron chi connectivity index (χ0n) is 16.4. The minimum absolute atomic E-state index is 0.252. The lowest BCUT2D eigenvalue weighted by molar-refractivity contribution is -0.122. The first-order valence-electron chi connectivity index (χ1n) is 9.41. The highest BCUT2D eigenvalue weighted by Crippen LogP contribution is 2.14. The van der Waals surface area contributed by atoms with Crippen molar-refractivity contribution in [3.05, 3.63) is 70.8 Å². The van der Waals surface area contributed by atoms with Gasteiger partial charge in [0.25, 0.3) is 17.4 Å². The summed E-state index contributed by atoms with van der Waals surface area (Å²) in [5, 5.41) is 0.431. The minimum atomic E-state index is -0.530. The number of carbonyl (C=O) groups is 2. The van der Waals surface area contributed by atoms with Gasteiger partial charge in [-0.05, 0) is 50.2 Å². The van der Waals surface area contributed by atoms with Gasteiger partial charge in [0.2, 0.25) is 0 Å². The van der Waals surface area contributed by atoms with E-state index in [0.717, 1.165) is 18.8 Å². The second-order valence-corrected chi connectivity index (χ2v) is 6.42. The molecule has 0 radical (unpaired) electrons. The van der Waals surface area contributed by atoms with Gasteiger partial charge in [0.05, 0.1) is 17.2 Å². The number of nitrogens with zero attached hydrogens (tertiary/aromatic N) is 3. The number of hydrazine groups is 1. The van der Waals surface area contributed by atoms with Crippen molar-refractivity contribution in [3.63, 3.8) is 0 Å². The van der Waals surface area contributed by atoms with E-state index in [1.54, 1.807) is 36.4 Å². The third-order valence-electron chi connectivity index (χ3n) is 4.62. The third-order valence-corrected chi connectivity index (χ3v) is 4.62. The summed E-state index contributed by atoms with van der Waals surface area (Å²) in [4.78, 5) is 43.1. The number of benzene rings is 2. The summed E-state index contributed by atoms with van der Waals surface area (Å²) in [6.45, 7) is 5.63. The van der Waals surface area contributed by atoms with Gasteiger partial charge in [0.1, 0.15) is 6.54 Å². The Morgan fingerprint density at radius 1 is 1.00 bits per heavy atom. The molecule has 0 aliphatic rings. The predicted octanol–water partition coefficient (Wildman–Crippen LogP) is 1.70. The number of hydrogen-bond acceptors (Lipinski definition) is 5. The molecule has 8 heteroatoms. The van der Waals surface area contributed by atoms with Crippen molar-refractivity contribution in [2.24, 2.45) is 0 Å². The third kappa shape index (κ3) is 4.60. The molecule has 2 aromatic carbocycles. The molecule has 1 aromatic heterocycles. The van der Waals surface area contributed by atoms with Gasteiger partial charge in [-0.3, -0.25) is 29.8 Å². The van der Waals surface area contributed by atoms with Crippen LogP contribution in [0.1, 0.15) is 24.2 Å². The average Bonchev–Trinajstić information content (AvgIpc) is 2.75. The summed E-state index contributed by atoms with van der Waals surface area (Å²) in [6, 6.07) is 14.0. The molecule has 0 aliphatic carbocycles. The zero-order valence-corrected chi connectivity index (χ0v) is 16.4. The first-order valence-corrected chi connectivity index (χ1v) is 9.41. The summed E-state index contributed by atoms with van der Waals surface area (Å²) in [6.07, 6.45) is 1.32. The van der Waals surface area contributed by atoms with Crippen LogP contribution in [0.4, 0.5) is 5.69 Å². The van der Waals surface area contributed by atoms with Crippen LogP contribution in [0.3, 0.4) is 0 Å². The molecule has 2 N–H and O–H groups in total. The number of para-hydroxylation sites is 1. The number of amides is 2. The fraction of sp³-hybridized carbons (Fsp3) is 0.238. The lowest BCUT2D eigenvalue weighted by Gasteiger charge is -2.21. The maximum absolute atomic E-state index is 12.4. The largest absolute Gasteiger partial charge is 0.372 e. The van der Waals surface area contributed by atoms with Gasteiger partial charge in [0, 0.05) is 24.3 Å². The molecule has 0 unspecified atom stereocenters. The van der Waals surface area contributed by atoms with E-state index in [1.807, 2.05) is 12.1 Å². The summed E-state index contributed by atoms with van der Waals surface area (Å²) in [7, 11) is 0. The fourth-order valence-electron chi connectivity index (χ4n) is 3.02. The lowest BCUT2D eigenvalue weighted by atomic mass is 10.2. The first-order chi connectivity index (χ1) is 14.0. The smallest absolute Gasteiger partial charge is 0.269 e. The van der Waals surface area contributed by atoms with Gasteiger partial charge in [0.15, 0.2) is 0 Å². The maximum atomic E-state index is 12.4. The van der Waals surface area contributed by atoms with Crippen molar-refractivity contribution in [1.29, 1.82) is 0 Å². The van der Waals surface area contributed by atoms with Crippen molar-refractivity contribution in [3.8, 4) is 0 Å². The van der Waals surface area contributed by atoms with E-state index in [0.29, 0.717) is 16.5 Å². The molecule has 0 aliphatic heterocycles. The average molecular weight is 393 g/mol. The van der Waals surface area contributed by atoms with Crippen molar-refractivity contribution in [2.75, 3.05) is 18.0 Å². The predicted molar refractivity (Wildman–Crippen MR) is 112 cm³/mol. The molecule has 0 saturated carbocycles. The maximum Gasteiger partial charge on any atom is 0.269 e. The van der Waals surface area contributed by atoms with Crippen molar-refractivity contribution >= 4 is 28.4 Å². The Balaban J connectivity index is 1.60. The Morgan fingerprint density at radius 3 is 2.38 bits per heavy atom. The van der Waals surface area contributed by atoms with E-state index in [1.165, 1.54) is 10.9 Å². The molecule has 3 aromatic rings. The fourth-order valence-corrected chi connectivity index (χ4v) is 3.02. The van der Waals surface area contributed by atoms with Gasteiger partial charge in [-0.15, -0.1) is 0 Å². The summed E-state index contributed by atoms with van der Waals surface area (Å²) >= 11 is 0. The van der Waals surface area contributed by atoms with Crippen LogP contribution in [0.25, 0.3) is 10.9 Å². The molecular weight excluding hydrogens is 370 g/mol. The molecule has 8 nitrogen and oxygen atoms in total. The van der Waals surface area contributed by atoms with Crippen LogP contribution < -0.4 is 21.3 Å². The van der Waals surface area contributed by atoms with E-state index in [2.05, 4.69) is 34.6 Å². The second kappa shape index (κ2) is 9.01. The normalized spacial score (nSPS) is 10.6. The summed E-state index contributed by atoms with van der Waals surface area (Å²) in [5.74, 6) is -0.967. The number of aromatic nitrogens is 2. The van der Waals surface area contributed by atoms with E-state index in [9.17, 15) is 14.4 Å². The molecule has 29 heavy (non-hydrogen) atoms. The molecule has 1 heterocycles. The zero-order chi connectivity index (χ0) is 20.8. The van der Waals surface area contributed by atoms with Gasteiger partial charge in [-0.2, -0.15) is 0 Å². The van der Waals surface area contributed by atoms with Crippen LogP contribution in [0.2, 0.25) is 0 Å². The van der Waals surface area contributed by atoms with Crippen LogP contribution in [-0.4, -0.2) is 34.5 Å². The molecule has 0 atom stereocenters. The first kappa shape index (κ1) is 20.1. The molecule has 0 fully saturated rings. The molecule has 0 bridgehead atoms. The Bertz CT molecular complexity index is 1070. The highest BCUT2D eigenvalue weighted by atomic mass is 16.2. The molecule has 3 rings (SSSR count). The topological polar surface area (TPSA) is 96.3 Å².